The summed E-state index contributed by atoms with van der Waals surface area (Å²) in [6, 6.07) is 7.29. The van der Waals surface area contributed by atoms with Gasteiger partial charge in [-0.3, -0.25) is 4.90 Å². The van der Waals surface area contributed by atoms with Crippen LogP contribution >= 0.6 is 0 Å². The molecule has 140 valence electrons. The molecule has 1 spiro atoms. The average molecular weight is 357 g/mol. The van der Waals surface area contributed by atoms with Crippen molar-refractivity contribution in [2.24, 2.45) is 21.5 Å². The van der Waals surface area contributed by atoms with E-state index in [0.29, 0.717) is 18.1 Å². The molecular formula is C19H27N5O2. The van der Waals surface area contributed by atoms with Crippen LogP contribution in [-0.2, 0) is 4.74 Å². The molecule has 0 bridgehead atoms. The molecule has 1 aliphatic heterocycles. The maximum atomic E-state index is 12.3. The molecule has 7 nitrogen and oxygen atoms in total. The first-order valence-electron chi connectivity index (χ1n) is 9.33. The van der Waals surface area contributed by atoms with E-state index in [1.807, 2.05) is 17.0 Å². The third kappa shape index (κ3) is 3.66. The van der Waals surface area contributed by atoms with Crippen LogP contribution in [0.25, 0.3) is 0 Å². The van der Waals surface area contributed by atoms with Gasteiger partial charge in [-0.1, -0.05) is 25.8 Å². The summed E-state index contributed by atoms with van der Waals surface area (Å²) in [5.74, 6) is 0.209. The van der Waals surface area contributed by atoms with Crippen LogP contribution in [0, 0.1) is 0 Å². The lowest BCUT2D eigenvalue weighted by atomic mass is 9.87. The lowest BCUT2D eigenvalue weighted by Crippen LogP contribution is -2.58. The molecule has 1 fully saturated rings. The Morgan fingerprint density at radius 1 is 1.27 bits per heavy atom. The molecule has 26 heavy (non-hydrogen) atoms. The smallest absolute Gasteiger partial charge is 0.338 e. The zero-order valence-electron chi connectivity index (χ0n) is 15.3. The zero-order chi connectivity index (χ0) is 18.6. The monoisotopic (exact) mass is 357 g/mol. The number of hydrogen-bond acceptors (Lipinski definition) is 7. The second-order valence-electron chi connectivity index (χ2n) is 6.86. The Hall–Kier alpha value is -2.57. The van der Waals surface area contributed by atoms with Crippen molar-refractivity contribution >= 4 is 23.6 Å². The number of rotatable bonds is 5. The summed E-state index contributed by atoms with van der Waals surface area (Å²) in [5, 5.41) is 0. The van der Waals surface area contributed by atoms with E-state index in [4.69, 9.17) is 16.2 Å². The number of anilines is 1. The van der Waals surface area contributed by atoms with Gasteiger partial charge in [-0.2, -0.15) is 4.99 Å². The molecule has 1 saturated carbocycles. The van der Waals surface area contributed by atoms with E-state index in [2.05, 4.69) is 16.9 Å². The Bertz CT molecular complexity index is 722. The van der Waals surface area contributed by atoms with Gasteiger partial charge in [0.05, 0.1) is 12.2 Å². The molecule has 0 radical (unpaired) electrons. The number of nitrogens with two attached hydrogens (primary N) is 2. The molecule has 7 heteroatoms. The first-order chi connectivity index (χ1) is 12.6. The van der Waals surface area contributed by atoms with Crippen molar-refractivity contribution in [3.63, 3.8) is 0 Å². The number of ether oxygens (including phenoxy) is 1. The van der Waals surface area contributed by atoms with E-state index in [9.17, 15) is 4.79 Å². The predicted octanol–water partition coefficient (Wildman–Crippen LogP) is 2.75. The Morgan fingerprint density at radius 2 is 2.04 bits per heavy atom. The zero-order valence-corrected chi connectivity index (χ0v) is 15.3. The predicted molar refractivity (Wildman–Crippen MR) is 103 cm³/mol. The second-order valence-corrected chi connectivity index (χ2v) is 6.86. The molecule has 1 heterocycles. The van der Waals surface area contributed by atoms with Crippen molar-refractivity contribution in [3.05, 3.63) is 29.8 Å². The van der Waals surface area contributed by atoms with E-state index in [1.54, 1.807) is 12.1 Å². The number of carbonyl (C=O) groups is 1. The SMILES string of the molecule is CCCCOC(=O)c1cccc(N2C(N)=NC(N)=NC23CCCCC3)c1. The fourth-order valence-corrected chi connectivity index (χ4v) is 3.66. The molecule has 1 aromatic carbocycles. The molecule has 1 aromatic rings. The topological polar surface area (TPSA) is 106 Å². The van der Waals surface area contributed by atoms with Crippen LogP contribution in [0.4, 0.5) is 5.69 Å². The van der Waals surface area contributed by atoms with Crippen molar-refractivity contribution in [1.82, 2.24) is 0 Å². The van der Waals surface area contributed by atoms with Crippen LogP contribution in [0.2, 0.25) is 0 Å². The van der Waals surface area contributed by atoms with Gasteiger partial charge < -0.3 is 16.2 Å². The maximum absolute atomic E-state index is 12.3. The van der Waals surface area contributed by atoms with E-state index in [0.717, 1.165) is 44.2 Å². The van der Waals surface area contributed by atoms with E-state index >= 15 is 0 Å². The van der Waals surface area contributed by atoms with Crippen LogP contribution in [0.1, 0.15) is 62.2 Å². The molecular weight excluding hydrogens is 330 g/mol. The number of hydrogen-bond donors (Lipinski definition) is 2. The number of nitrogens with zero attached hydrogens (tertiary/aromatic N) is 3. The molecule has 0 saturated heterocycles. The normalized spacial score (nSPS) is 19.0. The van der Waals surface area contributed by atoms with Gasteiger partial charge in [-0.25, -0.2) is 9.79 Å². The van der Waals surface area contributed by atoms with E-state index < -0.39 is 5.66 Å². The summed E-state index contributed by atoms with van der Waals surface area (Å²) in [7, 11) is 0. The summed E-state index contributed by atoms with van der Waals surface area (Å²) < 4.78 is 5.33. The molecule has 1 aliphatic carbocycles. The van der Waals surface area contributed by atoms with Gasteiger partial charge in [0.25, 0.3) is 0 Å². The van der Waals surface area contributed by atoms with Gasteiger partial charge in [0.15, 0.2) is 0 Å². The van der Waals surface area contributed by atoms with Crippen molar-refractivity contribution in [1.29, 1.82) is 0 Å². The number of unbranched alkanes of at least 4 members (excludes halogenated alkanes) is 1. The Kier molecular flexibility index (Phi) is 5.44. The third-order valence-electron chi connectivity index (χ3n) is 4.92. The summed E-state index contributed by atoms with van der Waals surface area (Å²) >= 11 is 0. The summed E-state index contributed by atoms with van der Waals surface area (Å²) in [4.78, 5) is 23.0. The highest BCUT2D eigenvalue weighted by Crippen LogP contribution is 2.39. The van der Waals surface area contributed by atoms with Gasteiger partial charge in [-0.15, -0.1) is 0 Å². The Morgan fingerprint density at radius 3 is 2.77 bits per heavy atom. The minimum Gasteiger partial charge on any atom is -0.462 e. The molecule has 4 N–H and O–H groups in total. The van der Waals surface area contributed by atoms with Gasteiger partial charge in [-0.05, 0) is 50.3 Å². The molecule has 0 aromatic heterocycles. The summed E-state index contributed by atoms with van der Waals surface area (Å²) in [6.07, 6.45) is 6.83. The molecule has 0 amide bonds. The fraction of sp³-hybridized carbons (Fsp3) is 0.526. The van der Waals surface area contributed by atoms with Crippen molar-refractivity contribution in [2.75, 3.05) is 11.5 Å². The number of carbonyl (C=O) groups excluding carboxylic acids is 1. The Labute approximate surface area is 154 Å². The van der Waals surface area contributed by atoms with Gasteiger partial charge in [0.1, 0.15) is 5.66 Å². The minimum absolute atomic E-state index is 0.218. The maximum Gasteiger partial charge on any atom is 0.338 e. The van der Waals surface area contributed by atoms with Crippen LogP contribution in [-0.4, -0.2) is 30.2 Å². The minimum atomic E-state index is -0.515. The highest BCUT2D eigenvalue weighted by atomic mass is 16.5. The highest BCUT2D eigenvalue weighted by Gasteiger charge is 2.42. The number of guanidine groups is 2. The highest BCUT2D eigenvalue weighted by molar-refractivity contribution is 6.06. The van der Waals surface area contributed by atoms with Crippen LogP contribution in [0.3, 0.4) is 0 Å². The largest absolute Gasteiger partial charge is 0.462 e. The molecule has 0 unspecified atom stereocenters. The second kappa shape index (κ2) is 7.76. The van der Waals surface area contributed by atoms with Crippen LogP contribution < -0.4 is 16.4 Å². The van der Waals surface area contributed by atoms with Gasteiger partial charge in [0.2, 0.25) is 11.9 Å². The Balaban J connectivity index is 1.90. The number of benzene rings is 1. The summed E-state index contributed by atoms with van der Waals surface area (Å²) in [5.41, 5.74) is 12.9. The fourth-order valence-electron chi connectivity index (χ4n) is 3.66. The lowest BCUT2D eigenvalue weighted by molar-refractivity contribution is 0.0499. The number of aliphatic imine (C=N–C) groups is 2. The van der Waals surface area contributed by atoms with E-state index in [1.165, 1.54) is 6.42 Å². The molecule has 3 rings (SSSR count). The van der Waals surface area contributed by atoms with Gasteiger partial charge >= 0.3 is 5.97 Å². The average Bonchev–Trinajstić information content (AvgIpc) is 2.62. The van der Waals surface area contributed by atoms with Crippen molar-refractivity contribution < 1.29 is 9.53 Å². The molecule has 0 atom stereocenters. The lowest BCUT2D eigenvalue weighted by Gasteiger charge is -2.45. The van der Waals surface area contributed by atoms with Crippen molar-refractivity contribution in [2.45, 2.75) is 57.5 Å². The standard InChI is InChI=1S/C19H27N5O2/c1-2-3-12-26-16(25)14-8-7-9-15(13-14)24-18(21)22-17(20)23-19(24)10-5-4-6-11-19/h7-9,13H,2-6,10-12H2,1H3,(H4,20,21,22,23). The number of esters is 1. The first-order valence-corrected chi connectivity index (χ1v) is 9.33. The van der Waals surface area contributed by atoms with Crippen LogP contribution in [0.5, 0.6) is 0 Å². The first kappa shape index (κ1) is 18.2. The molecule has 2 aliphatic rings. The quantitative estimate of drug-likeness (QED) is 0.622. The van der Waals surface area contributed by atoms with Gasteiger partial charge in [0, 0.05) is 5.69 Å². The van der Waals surface area contributed by atoms with Crippen LogP contribution in [0.15, 0.2) is 34.3 Å². The van der Waals surface area contributed by atoms with E-state index in [-0.39, 0.29) is 11.9 Å². The summed E-state index contributed by atoms with van der Waals surface area (Å²) in [6.45, 7) is 2.49. The van der Waals surface area contributed by atoms with Crippen molar-refractivity contribution in [3.8, 4) is 0 Å². The third-order valence-corrected chi connectivity index (χ3v) is 4.92.